The minimum Gasteiger partial charge on any atom is -0.497 e. The van der Waals surface area contributed by atoms with Gasteiger partial charge in [-0.3, -0.25) is 4.79 Å². The molecule has 29 heavy (non-hydrogen) atoms. The maximum absolute atomic E-state index is 13.0. The van der Waals surface area contributed by atoms with Crippen LogP contribution in [0.15, 0.2) is 42.5 Å². The highest BCUT2D eigenvalue weighted by molar-refractivity contribution is 6.31. The van der Waals surface area contributed by atoms with Crippen LogP contribution in [0.1, 0.15) is 36.4 Å². The maximum Gasteiger partial charge on any atom is 0.240 e. The van der Waals surface area contributed by atoms with Gasteiger partial charge in [-0.25, -0.2) is 0 Å². The Kier molecular flexibility index (Phi) is 7.13. The van der Waals surface area contributed by atoms with Crippen LogP contribution in [0, 0.1) is 24.2 Å². The topological polar surface area (TPSA) is 65.4 Å². The number of anilines is 1. The zero-order chi connectivity index (χ0) is 20.8. The van der Waals surface area contributed by atoms with Gasteiger partial charge < -0.3 is 15.0 Å². The van der Waals surface area contributed by atoms with Crippen LogP contribution in [-0.4, -0.2) is 26.1 Å². The van der Waals surface area contributed by atoms with Crippen molar-refractivity contribution in [2.45, 2.75) is 32.2 Å². The summed E-state index contributed by atoms with van der Waals surface area (Å²) in [5.41, 5.74) is 2.83. The molecule has 1 saturated carbocycles. The molecule has 1 N–H and O–H groups in total. The summed E-state index contributed by atoms with van der Waals surface area (Å²) < 4.78 is 5.24. The lowest BCUT2D eigenvalue weighted by Crippen LogP contribution is -2.40. The highest BCUT2D eigenvalue weighted by atomic mass is 35.5. The number of halogens is 1. The third kappa shape index (κ3) is 5.50. The number of rotatable bonds is 9. The fourth-order valence-corrected chi connectivity index (χ4v) is 3.56. The Hall–Kier alpha value is -2.55. The molecule has 1 amide bonds. The molecule has 0 radical (unpaired) electrons. The highest BCUT2D eigenvalue weighted by Gasteiger charge is 2.32. The lowest BCUT2D eigenvalue weighted by atomic mass is 10.0. The minimum atomic E-state index is -0.0545. The highest BCUT2D eigenvalue weighted by Crippen LogP contribution is 2.41. The van der Waals surface area contributed by atoms with Gasteiger partial charge in [0.1, 0.15) is 5.75 Å². The molecule has 2 aromatic carbocycles. The maximum atomic E-state index is 13.0. The number of nitriles is 1. The van der Waals surface area contributed by atoms with E-state index >= 15 is 0 Å². The Bertz CT molecular complexity index is 888. The van der Waals surface area contributed by atoms with Gasteiger partial charge in [0, 0.05) is 23.3 Å². The van der Waals surface area contributed by atoms with Gasteiger partial charge in [0.25, 0.3) is 0 Å². The normalized spacial score (nSPS) is 14.1. The summed E-state index contributed by atoms with van der Waals surface area (Å²) in [5.74, 6) is 1.31. The van der Waals surface area contributed by atoms with E-state index in [2.05, 4.69) is 23.5 Å². The van der Waals surface area contributed by atoms with Crippen LogP contribution in [0.2, 0.25) is 5.02 Å². The van der Waals surface area contributed by atoms with Gasteiger partial charge in [0.2, 0.25) is 5.91 Å². The first-order valence-corrected chi connectivity index (χ1v) is 10.2. The van der Waals surface area contributed by atoms with E-state index in [9.17, 15) is 4.79 Å². The molecular weight excluding hydrogens is 386 g/mol. The number of carbonyl (C=O) groups excluding carboxylic acids is 1. The smallest absolute Gasteiger partial charge is 0.240 e. The van der Waals surface area contributed by atoms with Crippen LogP contribution in [0.5, 0.6) is 5.75 Å². The van der Waals surface area contributed by atoms with Crippen molar-refractivity contribution in [2.75, 3.05) is 25.1 Å². The van der Waals surface area contributed by atoms with Gasteiger partial charge in [-0.1, -0.05) is 23.7 Å². The predicted molar refractivity (Wildman–Crippen MR) is 115 cm³/mol. The van der Waals surface area contributed by atoms with Crippen molar-refractivity contribution in [2.24, 2.45) is 5.92 Å². The molecule has 1 aliphatic carbocycles. The van der Waals surface area contributed by atoms with E-state index in [4.69, 9.17) is 21.6 Å². The van der Waals surface area contributed by atoms with Gasteiger partial charge in [-0.15, -0.1) is 0 Å². The second-order valence-electron chi connectivity index (χ2n) is 7.36. The second kappa shape index (κ2) is 9.78. The number of methoxy groups -OCH3 is 1. The molecule has 1 atom stereocenters. The number of amides is 1. The van der Waals surface area contributed by atoms with E-state index < -0.39 is 0 Å². The number of aryl methyl sites for hydroxylation is 1. The third-order valence-electron chi connectivity index (χ3n) is 5.24. The van der Waals surface area contributed by atoms with Gasteiger partial charge in [-0.2, -0.15) is 5.26 Å². The van der Waals surface area contributed by atoms with Crippen molar-refractivity contribution in [3.8, 4) is 11.8 Å². The molecule has 3 rings (SSSR count). The van der Waals surface area contributed by atoms with E-state index in [1.165, 1.54) is 0 Å². The van der Waals surface area contributed by atoms with Gasteiger partial charge in [0.15, 0.2) is 0 Å². The summed E-state index contributed by atoms with van der Waals surface area (Å²) in [6.45, 7) is 2.47. The fraction of sp³-hybridized carbons (Fsp3) is 0.391. The summed E-state index contributed by atoms with van der Waals surface area (Å²) in [7, 11) is 1.65. The number of carbonyl (C=O) groups is 1. The SMILES string of the molecule is COc1ccc(C(NCC(=O)N(CCC#N)c2ccc(Cl)c(C)c2)C2CC2)cc1. The third-order valence-corrected chi connectivity index (χ3v) is 5.67. The zero-order valence-corrected chi connectivity index (χ0v) is 17.6. The molecule has 152 valence electrons. The number of nitrogens with zero attached hydrogens (tertiary/aromatic N) is 2. The first-order chi connectivity index (χ1) is 14.0. The number of hydrogen-bond donors (Lipinski definition) is 1. The predicted octanol–water partition coefficient (Wildman–Crippen LogP) is 4.64. The second-order valence-corrected chi connectivity index (χ2v) is 7.76. The van der Waals surface area contributed by atoms with Crippen molar-refractivity contribution >= 4 is 23.2 Å². The lowest BCUT2D eigenvalue weighted by Gasteiger charge is -2.25. The quantitative estimate of drug-likeness (QED) is 0.652. The fourth-order valence-electron chi connectivity index (χ4n) is 3.45. The van der Waals surface area contributed by atoms with Crippen molar-refractivity contribution in [3.05, 3.63) is 58.6 Å². The van der Waals surface area contributed by atoms with Crippen LogP contribution in [0.4, 0.5) is 5.69 Å². The number of nitrogens with one attached hydrogen (secondary N) is 1. The van der Waals surface area contributed by atoms with Crippen LogP contribution >= 0.6 is 11.6 Å². The van der Waals surface area contributed by atoms with E-state index in [1.54, 1.807) is 18.1 Å². The summed E-state index contributed by atoms with van der Waals surface area (Å²) >= 11 is 6.13. The Labute approximate surface area is 177 Å². The zero-order valence-electron chi connectivity index (χ0n) is 16.8. The van der Waals surface area contributed by atoms with E-state index in [1.807, 2.05) is 31.2 Å². The van der Waals surface area contributed by atoms with E-state index in [0.717, 1.165) is 35.4 Å². The van der Waals surface area contributed by atoms with Crippen LogP contribution in [0.3, 0.4) is 0 Å². The summed E-state index contributed by atoms with van der Waals surface area (Å²) in [6, 6.07) is 15.8. The molecule has 6 heteroatoms. The molecule has 1 unspecified atom stereocenters. The molecule has 0 aromatic heterocycles. The van der Waals surface area contributed by atoms with Gasteiger partial charge >= 0.3 is 0 Å². The van der Waals surface area contributed by atoms with Crippen molar-refractivity contribution in [1.29, 1.82) is 5.26 Å². The van der Waals surface area contributed by atoms with Crippen molar-refractivity contribution in [3.63, 3.8) is 0 Å². The summed E-state index contributed by atoms with van der Waals surface area (Å²) in [6.07, 6.45) is 2.59. The Morgan fingerprint density at radius 2 is 2.03 bits per heavy atom. The van der Waals surface area contributed by atoms with Gasteiger partial charge in [-0.05, 0) is 67.1 Å². The monoisotopic (exact) mass is 411 g/mol. The van der Waals surface area contributed by atoms with Crippen LogP contribution < -0.4 is 15.0 Å². The molecule has 2 aromatic rings. The largest absolute Gasteiger partial charge is 0.497 e. The molecular formula is C23H26ClN3O2. The van der Waals surface area contributed by atoms with E-state index in [-0.39, 0.29) is 24.9 Å². The Balaban J connectivity index is 1.71. The number of ether oxygens (including phenoxy) is 1. The average Bonchev–Trinajstić information content (AvgIpc) is 3.56. The molecule has 1 fully saturated rings. The first kappa shape index (κ1) is 21.2. The summed E-state index contributed by atoms with van der Waals surface area (Å²) in [4.78, 5) is 14.7. The Morgan fingerprint density at radius 3 is 2.62 bits per heavy atom. The van der Waals surface area contributed by atoms with Crippen LogP contribution in [-0.2, 0) is 4.79 Å². The van der Waals surface area contributed by atoms with Crippen molar-refractivity contribution < 1.29 is 9.53 Å². The van der Waals surface area contributed by atoms with E-state index in [0.29, 0.717) is 17.5 Å². The molecule has 0 spiro atoms. The molecule has 5 nitrogen and oxygen atoms in total. The minimum absolute atomic E-state index is 0.0545. The lowest BCUT2D eigenvalue weighted by molar-refractivity contribution is -0.117. The number of benzene rings is 2. The van der Waals surface area contributed by atoms with Crippen molar-refractivity contribution in [1.82, 2.24) is 5.32 Å². The molecule has 0 saturated heterocycles. The molecule has 0 bridgehead atoms. The summed E-state index contributed by atoms with van der Waals surface area (Å²) in [5, 5.41) is 13.1. The first-order valence-electron chi connectivity index (χ1n) is 9.84. The Morgan fingerprint density at radius 1 is 1.31 bits per heavy atom. The molecule has 0 heterocycles. The molecule has 1 aliphatic rings. The standard InChI is InChI=1S/C23H26ClN3O2/c1-16-14-19(8-11-21(16)24)27(13-3-12-25)22(28)15-26-23(17-4-5-17)18-6-9-20(29-2)10-7-18/h6-11,14,17,23,26H,3-5,13,15H2,1-2H3. The number of hydrogen-bond acceptors (Lipinski definition) is 4. The van der Waals surface area contributed by atoms with Gasteiger partial charge in [0.05, 0.1) is 26.1 Å². The average molecular weight is 412 g/mol. The molecule has 0 aliphatic heterocycles. The van der Waals surface area contributed by atoms with Crippen LogP contribution in [0.25, 0.3) is 0 Å².